The molecule has 1 atom stereocenters. The minimum atomic E-state index is 0. The van der Waals surface area contributed by atoms with Gasteiger partial charge in [-0.3, -0.25) is 0 Å². The van der Waals surface area contributed by atoms with Crippen molar-refractivity contribution in [3.05, 3.63) is 35.4 Å². The molecule has 0 saturated carbocycles. The normalized spacial score (nSPS) is 12.4. The van der Waals surface area contributed by atoms with E-state index in [-0.39, 0.29) is 18.4 Å². The summed E-state index contributed by atoms with van der Waals surface area (Å²) in [7, 11) is 0. The highest BCUT2D eigenvalue weighted by Gasteiger charge is 2.07. The van der Waals surface area contributed by atoms with Crippen LogP contribution in [0.3, 0.4) is 0 Å². The highest BCUT2D eigenvalue weighted by atomic mass is 35.5. The molecule has 1 nitrogen and oxygen atoms in total. The Kier molecular flexibility index (Phi) is 5.82. The molecule has 1 aromatic carbocycles. The fourth-order valence-corrected chi connectivity index (χ4v) is 1.46. The van der Waals surface area contributed by atoms with E-state index in [0.717, 1.165) is 6.42 Å². The van der Waals surface area contributed by atoms with Gasteiger partial charge in [-0.15, -0.1) is 12.4 Å². The van der Waals surface area contributed by atoms with Crippen LogP contribution in [-0.4, -0.2) is 0 Å². The van der Waals surface area contributed by atoms with Crippen LogP contribution in [0.4, 0.5) is 0 Å². The van der Waals surface area contributed by atoms with Crippen molar-refractivity contribution in [1.29, 1.82) is 0 Å². The summed E-state index contributed by atoms with van der Waals surface area (Å²) in [6, 6.07) is 8.69. The zero-order valence-corrected chi connectivity index (χ0v) is 9.97. The Morgan fingerprint density at radius 1 is 1.14 bits per heavy atom. The van der Waals surface area contributed by atoms with E-state index in [9.17, 15) is 0 Å². The van der Waals surface area contributed by atoms with Gasteiger partial charge in [0.2, 0.25) is 0 Å². The number of halogens is 1. The molecule has 1 rings (SSSR count). The maximum absolute atomic E-state index is 6.05. The molecular formula is C12H20ClN. The average molecular weight is 214 g/mol. The zero-order chi connectivity index (χ0) is 9.84. The summed E-state index contributed by atoms with van der Waals surface area (Å²) in [5.74, 6) is 0.663. The Balaban J connectivity index is 0.00000169. The quantitative estimate of drug-likeness (QED) is 0.818. The second-order valence-electron chi connectivity index (χ2n) is 4.15. The first-order valence-corrected chi connectivity index (χ1v) is 4.91. The van der Waals surface area contributed by atoms with E-state index in [0.29, 0.717) is 5.92 Å². The van der Waals surface area contributed by atoms with Crippen LogP contribution in [0, 0.1) is 12.8 Å². The molecule has 0 aliphatic heterocycles. The van der Waals surface area contributed by atoms with Gasteiger partial charge in [-0.2, -0.15) is 0 Å². The smallest absolute Gasteiger partial charge is 0.0297 e. The van der Waals surface area contributed by atoms with E-state index >= 15 is 0 Å². The summed E-state index contributed by atoms with van der Waals surface area (Å²) in [5.41, 5.74) is 8.59. The minimum absolute atomic E-state index is 0. The van der Waals surface area contributed by atoms with Gasteiger partial charge >= 0.3 is 0 Å². The molecular weight excluding hydrogens is 194 g/mol. The van der Waals surface area contributed by atoms with E-state index in [2.05, 4.69) is 45.0 Å². The van der Waals surface area contributed by atoms with Crippen molar-refractivity contribution in [2.45, 2.75) is 33.2 Å². The van der Waals surface area contributed by atoms with Crippen molar-refractivity contribution >= 4 is 12.4 Å². The van der Waals surface area contributed by atoms with E-state index in [1.54, 1.807) is 0 Å². The van der Waals surface area contributed by atoms with Gasteiger partial charge in [-0.05, 0) is 24.8 Å². The predicted molar refractivity (Wildman–Crippen MR) is 64.8 cm³/mol. The average Bonchev–Trinajstić information content (AvgIpc) is 2.04. The van der Waals surface area contributed by atoms with Crippen LogP contribution in [0.25, 0.3) is 0 Å². The van der Waals surface area contributed by atoms with Crippen LogP contribution in [0.5, 0.6) is 0 Å². The first-order valence-electron chi connectivity index (χ1n) is 4.91. The highest BCUT2D eigenvalue weighted by molar-refractivity contribution is 5.85. The number of aryl methyl sites for hydroxylation is 1. The molecule has 0 amide bonds. The van der Waals surface area contributed by atoms with Crippen molar-refractivity contribution in [1.82, 2.24) is 0 Å². The van der Waals surface area contributed by atoms with Gasteiger partial charge in [0, 0.05) is 6.04 Å². The minimum Gasteiger partial charge on any atom is -0.324 e. The molecule has 0 saturated heterocycles. The largest absolute Gasteiger partial charge is 0.324 e. The van der Waals surface area contributed by atoms with Gasteiger partial charge in [0.05, 0.1) is 0 Å². The van der Waals surface area contributed by atoms with Crippen molar-refractivity contribution in [3.63, 3.8) is 0 Å². The Morgan fingerprint density at radius 3 is 2.07 bits per heavy atom. The molecule has 0 bridgehead atoms. The highest BCUT2D eigenvalue weighted by Crippen LogP contribution is 2.18. The van der Waals surface area contributed by atoms with Gasteiger partial charge in [0.15, 0.2) is 0 Å². The topological polar surface area (TPSA) is 26.0 Å². The Bertz CT molecular complexity index is 254. The summed E-state index contributed by atoms with van der Waals surface area (Å²) >= 11 is 0. The lowest BCUT2D eigenvalue weighted by molar-refractivity contribution is 0.510. The van der Waals surface area contributed by atoms with Gasteiger partial charge in [0.25, 0.3) is 0 Å². The van der Waals surface area contributed by atoms with Crippen LogP contribution < -0.4 is 5.73 Å². The Hall–Kier alpha value is -0.530. The van der Waals surface area contributed by atoms with Gasteiger partial charge in [0.1, 0.15) is 0 Å². The summed E-state index contributed by atoms with van der Waals surface area (Å²) in [6.07, 6.45) is 1.06. The monoisotopic (exact) mass is 213 g/mol. The van der Waals surface area contributed by atoms with E-state index in [1.807, 2.05) is 0 Å². The van der Waals surface area contributed by atoms with Crippen LogP contribution >= 0.6 is 12.4 Å². The molecule has 0 fully saturated rings. The van der Waals surface area contributed by atoms with Crippen LogP contribution in [0.1, 0.15) is 37.4 Å². The lowest BCUT2D eigenvalue weighted by Crippen LogP contribution is -2.12. The molecule has 0 aromatic heterocycles. The molecule has 0 radical (unpaired) electrons. The number of hydrogen-bond acceptors (Lipinski definition) is 1. The molecule has 1 aromatic rings. The Labute approximate surface area is 93.1 Å². The fourth-order valence-electron chi connectivity index (χ4n) is 1.46. The van der Waals surface area contributed by atoms with Crippen molar-refractivity contribution in [3.8, 4) is 0 Å². The van der Waals surface area contributed by atoms with Crippen LogP contribution in [-0.2, 0) is 0 Å². The third-order valence-corrected chi connectivity index (χ3v) is 2.23. The second-order valence-corrected chi connectivity index (χ2v) is 4.15. The third kappa shape index (κ3) is 4.12. The van der Waals surface area contributed by atoms with Crippen molar-refractivity contribution < 1.29 is 0 Å². The lowest BCUT2D eigenvalue weighted by atomic mass is 9.97. The third-order valence-electron chi connectivity index (χ3n) is 2.23. The zero-order valence-electron chi connectivity index (χ0n) is 9.16. The number of benzene rings is 1. The lowest BCUT2D eigenvalue weighted by Gasteiger charge is -2.14. The molecule has 2 N–H and O–H groups in total. The van der Waals surface area contributed by atoms with Gasteiger partial charge in [-0.1, -0.05) is 43.7 Å². The molecule has 0 spiro atoms. The molecule has 80 valence electrons. The first kappa shape index (κ1) is 13.5. The van der Waals surface area contributed by atoms with E-state index < -0.39 is 0 Å². The Morgan fingerprint density at radius 2 is 1.64 bits per heavy atom. The van der Waals surface area contributed by atoms with Crippen molar-refractivity contribution in [2.75, 3.05) is 0 Å². The number of hydrogen-bond donors (Lipinski definition) is 1. The number of rotatable bonds is 3. The SMILES string of the molecule is Cc1ccc([C@H](N)CC(C)C)cc1.Cl. The molecule has 0 unspecified atom stereocenters. The molecule has 0 heterocycles. The summed E-state index contributed by atoms with van der Waals surface area (Å²) < 4.78 is 0. The second kappa shape index (κ2) is 6.05. The molecule has 0 aliphatic carbocycles. The number of nitrogens with two attached hydrogens (primary N) is 1. The fraction of sp³-hybridized carbons (Fsp3) is 0.500. The van der Waals surface area contributed by atoms with E-state index in [1.165, 1.54) is 11.1 Å². The first-order chi connectivity index (χ1) is 6.09. The van der Waals surface area contributed by atoms with Crippen LogP contribution in [0.2, 0.25) is 0 Å². The summed E-state index contributed by atoms with van der Waals surface area (Å²) in [6.45, 7) is 6.50. The molecule has 2 heteroatoms. The van der Waals surface area contributed by atoms with Crippen LogP contribution in [0.15, 0.2) is 24.3 Å². The van der Waals surface area contributed by atoms with E-state index in [4.69, 9.17) is 5.73 Å². The summed E-state index contributed by atoms with van der Waals surface area (Å²) in [4.78, 5) is 0. The predicted octanol–water partition coefficient (Wildman–Crippen LogP) is 3.46. The van der Waals surface area contributed by atoms with Crippen molar-refractivity contribution in [2.24, 2.45) is 11.7 Å². The van der Waals surface area contributed by atoms with Gasteiger partial charge in [-0.25, -0.2) is 0 Å². The maximum Gasteiger partial charge on any atom is 0.0297 e. The standard InChI is InChI=1S/C12H19N.ClH/c1-9(2)8-12(13)11-6-4-10(3)5-7-11;/h4-7,9,12H,8,13H2,1-3H3;1H/t12-;/m1./s1. The molecule has 0 aliphatic rings. The summed E-state index contributed by atoms with van der Waals surface area (Å²) in [5, 5.41) is 0. The van der Waals surface area contributed by atoms with Gasteiger partial charge < -0.3 is 5.73 Å². The molecule has 14 heavy (non-hydrogen) atoms. The maximum atomic E-state index is 6.05.